The van der Waals surface area contributed by atoms with Gasteiger partial charge in [0.1, 0.15) is 0 Å². The zero-order chi connectivity index (χ0) is 13.0. The Hall–Kier alpha value is -1.05. The van der Waals surface area contributed by atoms with Crippen molar-refractivity contribution in [3.05, 3.63) is 28.2 Å². The number of nitrogens with one attached hydrogen (secondary N) is 1. The smallest absolute Gasteiger partial charge is 0.0992 e. The molecule has 0 spiro atoms. The predicted molar refractivity (Wildman–Crippen MR) is 77.3 cm³/mol. The molecule has 0 amide bonds. The van der Waals surface area contributed by atoms with E-state index < -0.39 is 0 Å². The second-order valence-corrected chi connectivity index (χ2v) is 5.69. The van der Waals surface area contributed by atoms with Gasteiger partial charge in [-0.15, -0.1) is 0 Å². The van der Waals surface area contributed by atoms with Crippen LogP contribution >= 0.6 is 15.9 Å². The molecule has 0 heterocycles. The van der Waals surface area contributed by atoms with Gasteiger partial charge in [0.2, 0.25) is 0 Å². The summed E-state index contributed by atoms with van der Waals surface area (Å²) >= 11 is 3.50. The first-order valence-electron chi connectivity index (χ1n) is 6.41. The zero-order valence-corrected chi connectivity index (χ0v) is 11.9. The monoisotopic (exact) mass is 307 g/mol. The van der Waals surface area contributed by atoms with Crippen LogP contribution in [0.25, 0.3) is 0 Å². The number of anilines is 1. The summed E-state index contributed by atoms with van der Waals surface area (Å²) in [7, 11) is 0. The molecule has 3 N–H and O–H groups in total. The van der Waals surface area contributed by atoms with Crippen molar-refractivity contribution in [3.8, 4) is 6.07 Å². The molecule has 1 aromatic rings. The van der Waals surface area contributed by atoms with Gasteiger partial charge >= 0.3 is 0 Å². The molecule has 1 aliphatic carbocycles. The SMILES string of the molecule is N#Cc1ccc(NC(CN)C2CCCC2)c(Br)c1. The highest BCUT2D eigenvalue weighted by Gasteiger charge is 2.24. The standard InChI is InChI=1S/C14H18BrN3/c15-12-7-10(8-16)5-6-13(12)18-14(9-17)11-3-1-2-4-11/h5-7,11,14,18H,1-4,9,17H2. The molecular weight excluding hydrogens is 290 g/mol. The molecule has 0 bridgehead atoms. The predicted octanol–water partition coefficient (Wildman–Crippen LogP) is 3.25. The highest BCUT2D eigenvalue weighted by atomic mass is 79.9. The molecule has 0 aliphatic heterocycles. The molecule has 2 rings (SSSR count). The minimum absolute atomic E-state index is 0.330. The van der Waals surface area contributed by atoms with Crippen molar-refractivity contribution >= 4 is 21.6 Å². The largest absolute Gasteiger partial charge is 0.380 e. The number of rotatable bonds is 4. The highest BCUT2D eigenvalue weighted by Crippen LogP contribution is 2.31. The molecule has 0 saturated heterocycles. The molecule has 1 unspecified atom stereocenters. The summed E-state index contributed by atoms with van der Waals surface area (Å²) in [5.41, 5.74) is 7.57. The first-order valence-corrected chi connectivity index (χ1v) is 7.20. The lowest BCUT2D eigenvalue weighted by Gasteiger charge is -2.25. The molecule has 1 saturated carbocycles. The average Bonchev–Trinajstić information content (AvgIpc) is 2.91. The lowest BCUT2D eigenvalue weighted by Crippen LogP contribution is -2.35. The Balaban J connectivity index is 2.09. The fraction of sp³-hybridized carbons (Fsp3) is 0.500. The zero-order valence-electron chi connectivity index (χ0n) is 10.3. The van der Waals surface area contributed by atoms with Crippen molar-refractivity contribution in [3.63, 3.8) is 0 Å². The molecule has 96 valence electrons. The number of nitrogens with zero attached hydrogens (tertiary/aromatic N) is 1. The van der Waals surface area contributed by atoms with Gasteiger partial charge in [0.15, 0.2) is 0 Å². The number of benzene rings is 1. The highest BCUT2D eigenvalue weighted by molar-refractivity contribution is 9.10. The van der Waals surface area contributed by atoms with E-state index in [1.54, 1.807) is 0 Å². The van der Waals surface area contributed by atoms with Crippen molar-refractivity contribution in [2.45, 2.75) is 31.7 Å². The molecule has 3 nitrogen and oxygen atoms in total. The second-order valence-electron chi connectivity index (χ2n) is 4.84. The number of hydrogen-bond donors (Lipinski definition) is 2. The third-order valence-corrected chi connectivity index (χ3v) is 4.32. The fourth-order valence-corrected chi connectivity index (χ4v) is 3.12. The van der Waals surface area contributed by atoms with Crippen LogP contribution in [0.2, 0.25) is 0 Å². The van der Waals surface area contributed by atoms with Crippen molar-refractivity contribution in [2.75, 3.05) is 11.9 Å². The molecular formula is C14H18BrN3. The molecule has 18 heavy (non-hydrogen) atoms. The minimum Gasteiger partial charge on any atom is -0.380 e. The number of halogens is 1. The van der Waals surface area contributed by atoms with Crippen LogP contribution in [0, 0.1) is 17.2 Å². The van der Waals surface area contributed by atoms with Crippen LogP contribution in [0.1, 0.15) is 31.2 Å². The van der Waals surface area contributed by atoms with E-state index in [4.69, 9.17) is 11.0 Å². The van der Waals surface area contributed by atoms with E-state index in [1.807, 2.05) is 18.2 Å². The normalized spacial score (nSPS) is 17.4. The summed E-state index contributed by atoms with van der Waals surface area (Å²) in [5, 5.41) is 12.4. The maximum atomic E-state index is 8.84. The van der Waals surface area contributed by atoms with Crippen LogP contribution < -0.4 is 11.1 Å². The van der Waals surface area contributed by atoms with E-state index in [0.717, 1.165) is 10.2 Å². The molecule has 0 aromatic heterocycles. The molecule has 1 aliphatic rings. The molecule has 1 aromatic carbocycles. The van der Waals surface area contributed by atoms with E-state index in [-0.39, 0.29) is 0 Å². The summed E-state index contributed by atoms with van der Waals surface area (Å²) in [4.78, 5) is 0. The maximum absolute atomic E-state index is 8.84. The molecule has 0 radical (unpaired) electrons. The van der Waals surface area contributed by atoms with E-state index in [1.165, 1.54) is 25.7 Å². The lowest BCUT2D eigenvalue weighted by molar-refractivity contribution is 0.462. The number of hydrogen-bond acceptors (Lipinski definition) is 3. The Morgan fingerprint density at radius 1 is 1.44 bits per heavy atom. The summed E-state index contributed by atoms with van der Waals surface area (Å²) in [6, 6.07) is 8.08. The first kappa shape index (κ1) is 13.4. The quantitative estimate of drug-likeness (QED) is 0.897. The average molecular weight is 308 g/mol. The maximum Gasteiger partial charge on any atom is 0.0992 e. The lowest BCUT2D eigenvalue weighted by atomic mass is 9.98. The first-order chi connectivity index (χ1) is 8.74. The van der Waals surface area contributed by atoms with Gasteiger partial charge in [-0.25, -0.2) is 0 Å². The van der Waals surface area contributed by atoms with Crippen molar-refractivity contribution in [1.82, 2.24) is 0 Å². The summed E-state index contributed by atoms with van der Waals surface area (Å²) in [5.74, 6) is 0.678. The Labute approximate surface area is 116 Å². The van der Waals surface area contributed by atoms with Gasteiger partial charge in [-0.2, -0.15) is 5.26 Å². The molecule has 1 atom stereocenters. The van der Waals surface area contributed by atoms with Crippen molar-refractivity contribution in [1.29, 1.82) is 5.26 Å². The van der Waals surface area contributed by atoms with Crippen LogP contribution in [0.3, 0.4) is 0 Å². The Morgan fingerprint density at radius 3 is 2.72 bits per heavy atom. The van der Waals surface area contributed by atoms with Crippen LogP contribution in [-0.2, 0) is 0 Å². The Morgan fingerprint density at radius 2 is 2.17 bits per heavy atom. The van der Waals surface area contributed by atoms with Crippen LogP contribution in [0.15, 0.2) is 22.7 Å². The van der Waals surface area contributed by atoms with Crippen LogP contribution in [-0.4, -0.2) is 12.6 Å². The van der Waals surface area contributed by atoms with Crippen LogP contribution in [0.5, 0.6) is 0 Å². The summed E-state index contributed by atoms with van der Waals surface area (Å²) in [6.45, 7) is 0.650. The molecule has 4 heteroatoms. The summed E-state index contributed by atoms with van der Waals surface area (Å²) in [6.07, 6.45) is 5.17. The van der Waals surface area contributed by atoms with Crippen molar-refractivity contribution in [2.24, 2.45) is 11.7 Å². The Bertz CT molecular complexity index is 447. The van der Waals surface area contributed by atoms with E-state index >= 15 is 0 Å². The van der Waals surface area contributed by atoms with Gasteiger partial charge in [-0.1, -0.05) is 12.8 Å². The third-order valence-electron chi connectivity index (χ3n) is 3.66. The number of nitriles is 1. The minimum atomic E-state index is 0.330. The van der Waals surface area contributed by atoms with Gasteiger partial charge in [0, 0.05) is 22.7 Å². The van der Waals surface area contributed by atoms with Gasteiger partial charge in [0.05, 0.1) is 11.6 Å². The van der Waals surface area contributed by atoms with Gasteiger partial charge < -0.3 is 11.1 Å². The molecule has 1 fully saturated rings. The van der Waals surface area contributed by atoms with E-state index in [9.17, 15) is 0 Å². The fourth-order valence-electron chi connectivity index (χ4n) is 2.63. The second kappa shape index (κ2) is 6.21. The van der Waals surface area contributed by atoms with E-state index in [0.29, 0.717) is 24.1 Å². The third kappa shape index (κ3) is 3.04. The van der Waals surface area contributed by atoms with E-state index in [2.05, 4.69) is 27.3 Å². The van der Waals surface area contributed by atoms with Gasteiger partial charge in [-0.3, -0.25) is 0 Å². The van der Waals surface area contributed by atoms with Gasteiger partial charge in [0.25, 0.3) is 0 Å². The van der Waals surface area contributed by atoms with Crippen molar-refractivity contribution < 1.29 is 0 Å². The Kier molecular flexibility index (Phi) is 4.62. The summed E-state index contributed by atoms with van der Waals surface area (Å²) < 4.78 is 0.929. The number of nitrogens with two attached hydrogens (primary N) is 1. The van der Waals surface area contributed by atoms with Crippen LogP contribution in [0.4, 0.5) is 5.69 Å². The van der Waals surface area contributed by atoms with Gasteiger partial charge in [-0.05, 0) is 52.9 Å². The topological polar surface area (TPSA) is 61.8 Å².